The molecule has 1 amide bonds. The van der Waals surface area contributed by atoms with Gasteiger partial charge in [-0.2, -0.15) is 0 Å². The number of carbonyl (C=O) groups is 2. The lowest BCUT2D eigenvalue weighted by molar-refractivity contribution is -0.682. The molecular weight excluding hydrogens is 332 g/mol. The average molecular weight is 357 g/mol. The molecule has 0 heterocycles. The number of methoxy groups -OCH3 is 2. The number of amides is 1. The van der Waals surface area contributed by atoms with Crippen LogP contribution in [0, 0.1) is 0 Å². The monoisotopic (exact) mass is 357 g/mol. The normalized spacial score (nSPS) is 11.5. The van der Waals surface area contributed by atoms with Gasteiger partial charge in [-0.15, -0.1) is 0 Å². The Balaban J connectivity index is 2.04. The Morgan fingerprint density at radius 1 is 1.08 bits per heavy atom. The summed E-state index contributed by atoms with van der Waals surface area (Å²) in [5, 5.41) is 4.87. The number of nitrogens with two attached hydrogens (primary N) is 1. The zero-order valence-corrected chi connectivity index (χ0v) is 15.1. The second-order valence-electron chi connectivity index (χ2n) is 5.81. The minimum atomic E-state index is -0.403. The van der Waals surface area contributed by atoms with Gasteiger partial charge in [0, 0.05) is 23.7 Å². The summed E-state index contributed by atoms with van der Waals surface area (Å²) in [6.07, 6.45) is 0.981. The van der Waals surface area contributed by atoms with E-state index in [1.54, 1.807) is 13.2 Å². The molecule has 26 heavy (non-hydrogen) atoms. The Kier molecular flexibility index (Phi) is 7.64. The maximum absolute atomic E-state index is 12.8. The van der Waals surface area contributed by atoms with E-state index in [2.05, 4.69) is 10.1 Å². The van der Waals surface area contributed by atoms with Crippen LogP contribution in [0.25, 0.3) is 0 Å². The lowest BCUT2D eigenvalue weighted by Gasteiger charge is -2.16. The number of esters is 1. The molecule has 0 aliphatic heterocycles. The van der Waals surface area contributed by atoms with Gasteiger partial charge in [0.05, 0.1) is 27.2 Å². The highest BCUT2D eigenvalue weighted by atomic mass is 16.5. The minimum absolute atomic E-state index is 0.123. The molecule has 2 aromatic carbocycles. The van der Waals surface area contributed by atoms with E-state index in [1.165, 1.54) is 7.11 Å². The summed E-state index contributed by atoms with van der Waals surface area (Å²) in [4.78, 5) is 24.1. The quantitative estimate of drug-likeness (QED) is 0.530. The number of hydrogen-bond acceptors (Lipinski definition) is 4. The second-order valence-corrected chi connectivity index (χ2v) is 5.81. The average Bonchev–Trinajstić information content (AvgIpc) is 2.68. The van der Waals surface area contributed by atoms with Crippen molar-refractivity contribution in [3.8, 4) is 5.75 Å². The number of carbonyl (C=O) groups excluding carboxylic acids is 2. The molecule has 0 aliphatic rings. The van der Waals surface area contributed by atoms with Crippen molar-refractivity contribution in [1.82, 2.24) is 0 Å². The SMILES string of the molecule is COC(=O)CCC[NH2+][C@@H](C(=O)Nc1cccc(OC)c1)c1ccccc1. The van der Waals surface area contributed by atoms with Crippen molar-refractivity contribution in [3.63, 3.8) is 0 Å². The van der Waals surface area contributed by atoms with Crippen LogP contribution in [0.3, 0.4) is 0 Å². The topological polar surface area (TPSA) is 81.2 Å². The summed E-state index contributed by atoms with van der Waals surface area (Å²) in [6.45, 7) is 0.639. The van der Waals surface area contributed by atoms with Crippen molar-refractivity contribution >= 4 is 17.6 Å². The highest BCUT2D eigenvalue weighted by Gasteiger charge is 2.24. The molecule has 6 heteroatoms. The first-order valence-electron chi connectivity index (χ1n) is 8.54. The highest BCUT2D eigenvalue weighted by Crippen LogP contribution is 2.18. The van der Waals surface area contributed by atoms with E-state index >= 15 is 0 Å². The van der Waals surface area contributed by atoms with Crippen LogP contribution in [-0.2, 0) is 14.3 Å². The van der Waals surface area contributed by atoms with E-state index in [0.29, 0.717) is 30.8 Å². The third kappa shape index (κ3) is 5.89. The molecule has 0 saturated carbocycles. The van der Waals surface area contributed by atoms with Crippen LogP contribution < -0.4 is 15.4 Å². The molecule has 2 aromatic rings. The number of quaternary nitrogens is 1. The Morgan fingerprint density at radius 2 is 1.85 bits per heavy atom. The van der Waals surface area contributed by atoms with Crippen LogP contribution in [0.1, 0.15) is 24.4 Å². The number of hydrogen-bond donors (Lipinski definition) is 2. The lowest BCUT2D eigenvalue weighted by atomic mass is 10.1. The molecule has 6 nitrogen and oxygen atoms in total. The summed E-state index contributed by atoms with van der Waals surface area (Å²) in [6, 6.07) is 16.4. The summed E-state index contributed by atoms with van der Waals surface area (Å²) in [5.41, 5.74) is 1.59. The number of anilines is 1. The van der Waals surface area contributed by atoms with Crippen molar-refractivity contribution in [3.05, 3.63) is 60.2 Å². The minimum Gasteiger partial charge on any atom is -0.497 e. The molecule has 0 aliphatic carbocycles. The fourth-order valence-corrected chi connectivity index (χ4v) is 2.61. The third-order valence-corrected chi connectivity index (χ3v) is 3.99. The van der Waals surface area contributed by atoms with E-state index in [-0.39, 0.29) is 11.9 Å². The van der Waals surface area contributed by atoms with Crippen molar-refractivity contribution in [2.75, 3.05) is 26.1 Å². The zero-order valence-electron chi connectivity index (χ0n) is 15.1. The molecule has 0 saturated heterocycles. The van der Waals surface area contributed by atoms with E-state index < -0.39 is 6.04 Å². The molecule has 0 spiro atoms. The summed E-state index contributed by atoms with van der Waals surface area (Å²) >= 11 is 0. The van der Waals surface area contributed by atoms with Crippen molar-refractivity contribution in [1.29, 1.82) is 0 Å². The Morgan fingerprint density at radius 3 is 2.54 bits per heavy atom. The van der Waals surface area contributed by atoms with E-state index in [4.69, 9.17) is 4.74 Å². The molecule has 0 unspecified atom stereocenters. The van der Waals surface area contributed by atoms with Gasteiger partial charge in [0.15, 0.2) is 6.04 Å². The summed E-state index contributed by atoms with van der Waals surface area (Å²) < 4.78 is 9.84. The molecular formula is C20H25N2O4+. The van der Waals surface area contributed by atoms with Gasteiger partial charge in [0.1, 0.15) is 5.75 Å². The molecule has 0 radical (unpaired) electrons. The predicted molar refractivity (Wildman–Crippen MR) is 98.8 cm³/mol. The standard InChI is InChI=1S/C20H24N2O4/c1-25-17-11-6-10-16(14-17)22-20(24)19(15-8-4-3-5-9-15)21-13-7-12-18(23)26-2/h3-6,8-11,14,19,21H,7,12-13H2,1-2H3,(H,22,24)/p+1/t19-/m1/s1. The van der Waals surface area contributed by atoms with Gasteiger partial charge in [-0.05, 0) is 12.1 Å². The van der Waals surface area contributed by atoms with E-state index in [0.717, 1.165) is 5.56 Å². The van der Waals surface area contributed by atoms with Gasteiger partial charge in [-0.25, -0.2) is 0 Å². The zero-order chi connectivity index (χ0) is 18.8. The van der Waals surface area contributed by atoms with Crippen LogP contribution >= 0.6 is 0 Å². The van der Waals surface area contributed by atoms with Gasteiger partial charge in [0.2, 0.25) is 0 Å². The van der Waals surface area contributed by atoms with Crippen LogP contribution in [0.5, 0.6) is 5.75 Å². The molecule has 3 N–H and O–H groups in total. The van der Waals surface area contributed by atoms with E-state index in [9.17, 15) is 9.59 Å². The van der Waals surface area contributed by atoms with Gasteiger partial charge in [-0.3, -0.25) is 9.59 Å². The van der Waals surface area contributed by atoms with Crippen LogP contribution in [-0.4, -0.2) is 32.6 Å². The van der Waals surface area contributed by atoms with Crippen molar-refractivity contribution in [2.45, 2.75) is 18.9 Å². The molecule has 0 aromatic heterocycles. The molecule has 0 bridgehead atoms. The molecule has 138 valence electrons. The first kappa shape index (κ1) is 19.5. The van der Waals surface area contributed by atoms with Gasteiger partial charge in [-0.1, -0.05) is 36.4 Å². The maximum atomic E-state index is 12.8. The number of nitrogens with one attached hydrogen (secondary N) is 1. The summed E-state index contributed by atoms with van der Waals surface area (Å²) in [7, 11) is 2.96. The second kappa shape index (κ2) is 10.2. The molecule has 0 fully saturated rings. The first-order chi connectivity index (χ1) is 12.6. The Hall–Kier alpha value is -2.86. The maximum Gasteiger partial charge on any atom is 0.305 e. The van der Waals surface area contributed by atoms with Crippen LogP contribution in [0.15, 0.2) is 54.6 Å². The lowest BCUT2D eigenvalue weighted by Crippen LogP contribution is -2.87. The number of rotatable bonds is 9. The smallest absolute Gasteiger partial charge is 0.305 e. The van der Waals surface area contributed by atoms with Gasteiger partial charge in [0.25, 0.3) is 5.91 Å². The fraction of sp³-hybridized carbons (Fsp3) is 0.300. The molecule has 2 rings (SSSR count). The Bertz CT molecular complexity index is 719. The van der Waals surface area contributed by atoms with Crippen molar-refractivity contribution in [2.24, 2.45) is 0 Å². The van der Waals surface area contributed by atoms with Crippen LogP contribution in [0.4, 0.5) is 5.69 Å². The fourth-order valence-electron chi connectivity index (χ4n) is 2.61. The van der Waals surface area contributed by atoms with Crippen LogP contribution in [0.2, 0.25) is 0 Å². The highest BCUT2D eigenvalue weighted by molar-refractivity contribution is 5.94. The van der Waals surface area contributed by atoms with E-state index in [1.807, 2.05) is 53.8 Å². The third-order valence-electron chi connectivity index (χ3n) is 3.99. The number of ether oxygens (including phenoxy) is 2. The Labute approximate surface area is 153 Å². The number of benzene rings is 2. The van der Waals surface area contributed by atoms with Crippen molar-refractivity contribution < 1.29 is 24.4 Å². The largest absolute Gasteiger partial charge is 0.497 e. The first-order valence-corrected chi connectivity index (χ1v) is 8.54. The summed E-state index contributed by atoms with van der Waals surface area (Å²) in [5.74, 6) is 0.319. The predicted octanol–water partition coefficient (Wildman–Crippen LogP) is 1.89. The van der Waals surface area contributed by atoms with Gasteiger partial charge < -0.3 is 20.1 Å². The molecule has 1 atom stereocenters. The van der Waals surface area contributed by atoms with Gasteiger partial charge >= 0.3 is 5.97 Å².